The zero-order chi connectivity index (χ0) is 13.8. The van der Waals surface area contributed by atoms with E-state index in [0.717, 1.165) is 5.56 Å². The first-order valence-electron chi connectivity index (χ1n) is 5.52. The van der Waals surface area contributed by atoms with Crippen molar-refractivity contribution in [1.82, 2.24) is 5.32 Å². The molecule has 0 saturated heterocycles. The summed E-state index contributed by atoms with van der Waals surface area (Å²) in [5.41, 5.74) is -0.746. The van der Waals surface area contributed by atoms with Crippen molar-refractivity contribution in [3.63, 3.8) is 0 Å². The zero-order valence-electron chi connectivity index (χ0n) is 10.7. The number of carbonyl (C=O) groups excluding carboxylic acids is 1. The molecule has 1 aromatic rings. The van der Waals surface area contributed by atoms with E-state index < -0.39 is 17.3 Å². The quantitative estimate of drug-likeness (QED) is 0.768. The Morgan fingerprint density at radius 3 is 2.61 bits per heavy atom. The fraction of sp³-hybridized carbons (Fsp3) is 0.385. The van der Waals surface area contributed by atoms with Crippen LogP contribution < -0.4 is 10.1 Å². The summed E-state index contributed by atoms with van der Waals surface area (Å²) in [5.74, 6) is -1.03. The van der Waals surface area contributed by atoms with Gasteiger partial charge in [0.1, 0.15) is 11.2 Å². The van der Waals surface area contributed by atoms with Gasteiger partial charge in [-0.05, 0) is 31.0 Å². The molecule has 0 spiro atoms. The van der Waals surface area contributed by atoms with Gasteiger partial charge in [-0.3, -0.25) is 9.59 Å². The van der Waals surface area contributed by atoms with Crippen LogP contribution in [0.25, 0.3) is 0 Å². The van der Waals surface area contributed by atoms with Gasteiger partial charge in [0.15, 0.2) is 0 Å². The molecule has 1 rings (SSSR count). The summed E-state index contributed by atoms with van der Waals surface area (Å²) in [7, 11) is 2.96. The third-order valence-corrected chi connectivity index (χ3v) is 2.89. The minimum atomic E-state index is -1.49. The van der Waals surface area contributed by atoms with Gasteiger partial charge in [0.2, 0.25) is 5.91 Å². The molecule has 0 radical (unpaired) electrons. The second-order valence-electron chi connectivity index (χ2n) is 4.24. The van der Waals surface area contributed by atoms with Crippen molar-refractivity contribution < 1.29 is 19.4 Å². The van der Waals surface area contributed by atoms with Crippen LogP contribution in [0.3, 0.4) is 0 Å². The Bertz CT molecular complexity index is 458. The second-order valence-corrected chi connectivity index (χ2v) is 4.24. The number of carboxylic acids is 1. The Hall–Kier alpha value is -2.04. The van der Waals surface area contributed by atoms with E-state index >= 15 is 0 Å². The Morgan fingerprint density at radius 2 is 2.11 bits per heavy atom. The summed E-state index contributed by atoms with van der Waals surface area (Å²) < 4.78 is 5.07. The van der Waals surface area contributed by atoms with E-state index in [1.807, 2.05) is 0 Å². The van der Waals surface area contributed by atoms with Gasteiger partial charge in [-0.2, -0.15) is 0 Å². The van der Waals surface area contributed by atoms with Gasteiger partial charge in [0, 0.05) is 7.05 Å². The topological polar surface area (TPSA) is 75.6 Å². The van der Waals surface area contributed by atoms with E-state index in [-0.39, 0.29) is 6.42 Å². The van der Waals surface area contributed by atoms with Gasteiger partial charge in [0.05, 0.1) is 7.11 Å². The monoisotopic (exact) mass is 251 g/mol. The predicted molar refractivity (Wildman–Crippen MR) is 66.5 cm³/mol. The Kier molecular flexibility index (Phi) is 4.31. The molecule has 0 saturated carbocycles. The van der Waals surface area contributed by atoms with Crippen molar-refractivity contribution in [2.24, 2.45) is 5.41 Å². The van der Waals surface area contributed by atoms with Crippen molar-refractivity contribution in [3.05, 3.63) is 29.8 Å². The first-order chi connectivity index (χ1) is 8.43. The van der Waals surface area contributed by atoms with E-state index in [4.69, 9.17) is 4.74 Å². The number of carbonyl (C=O) groups is 2. The predicted octanol–water partition coefficient (Wildman–Crippen LogP) is 1.07. The van der Waals surface area contributed by atoms with E-state index in [1.54, 1.807) is 24.3 Å². The molecule has 1 unspecified atom stereocenters. The number of ether oxygens (including phenoxy) is 1. The van der Waals surface area contributed by atoms with Crippen molar-refractivity contribution in [2.45, 2.75) is 13.3 Å². The minimum absolute atomic E-state index is 0.110. The molecule has 0 aliphatic rings. The first-order valence-corrected chi connectivity index (χ1v) is 5.52. The van der Waals surface area contributed by atoms with Gasteiger partial charge in [0.25, 0.3) is 0 Å². The lowest BCUT2D eigenvalue weighted by Gasteiger charge is -2.23. The fourth-order valence-electron chi connectivity index (χ4n) is 1.72. The van der Waals surface area contributed by atoms with E-state index in [0.29, 0.717) is 5.75 Å². The van der Waals surface area contributed by atoms with Crippen LogP contribution in [0.4, 0.5) is 0 Å². The SMILES string of the molecule is CNC(=O)C(C)(Cc1cccc(OC)c1)C(=O)O. The number of carboxylic acid groups (broad SMARTS) is 1. The number of aliphatic carboxylic acids is 1. The maximum atomic E-state index is 11.7. The lowest BCUT2D eigenvalue weighted by Crippen LogP contribution is -2.44. The second kappa shape index (κ2) is 5.53. The molecule has 1 aromatic carbocycles. The molecule has 0 heterocycles. The number of hydrogen-bond donors (Lipinski definition) is 2. The molecular weight excluding hydrogens is 234 g/mol. The van der Waals surface area contributed by atoms with Crippen LogP contribution >= 0.6 is 0 Å². The number of rotatable bonds is 5. The first kappa shape index (κ1) is 14.0. The third kappa shape index (κ3) is 2.80. The molecular formula is C13H17NO4. The molecule has 0 bridgehead atoms. The van der Waals surface area contributed by atoms with Gasteiger partial charge < -0.3 is 15.2 Å². The van der Waals surface area contributed by atoms with Crippen LogP contribution in [0, 0.1) is 5.41 Å². The maximum absolute atomic E-state index is 11.7. The van der Waals surface area contributed by atoms with E-state index in [2.05, 4.69) is 5.32 Å². The standard InChI is InChI=1S/C13H17NO4/c1-13(12(16)17,11(15)14-2)8-9-5-4-6-10(7-9)18-3/h4-7H,8H2,1-3H3,(H,14,15)(H,16,17). The molecule has 5 nitrogen and oxygen atoms in total. The molecule has 0 aliphatic carbocycles. The smallest absolute Gasteiger partial charge is 0.319 e. The van der Waals surface area contributed by atoms with Crippen LogP contribution in [-0.2, 0) is 16.0 Å². The molecule has 1 atom stereocenters. The van der Waals surface area contributed by atoms with Crippen LogP contribution in [0.15, 0.2) is 24.3 Å². The summed E-state index contributed by atoms with van der Waals surface area (Å²) in [5, 5.41) is 11.6. The number of methoxy groups -OCH3 is 1. The number of nitrogens with one attached hydrogen (secondary N) is 1. The molecule has 0 aromatic heterocycles. The molecule has 0 fully saturated rings. The summed E-state index contributed by atoms with van der Waals surface area (Å²) in [4.78, 5) is 23.0. The largest absolute Gasteiger partial charge is 0.497 e. The van der Waals surface area contributed by atoms with E-state index in [1.165, 1.54) is 21.1 Å². The Balaban J connectivity index is 3.03. The lowest BCUT2D eigenvalue weighted by atomic mass is 9.82. The van der Waals surface area contributed by atoms with Gasteiger partial charge >= 0.3 is 5.97 Å². The average Bonchev–Trinajstić information content (AvgIpc) is 2.37. The third-order valence-electron chi connectivity index (χ3n) is 2.89. The fourth-order valence-corrected chi connectivity index (χ4v) is 1.72. The highest BCUT2D eigenvalue weighted by molar-refractivity contribution is 6.01. The van der Waals surface area contributed by atoms with Crippen LogP contribution in [0.5, 0.6) is 5.75 Å². The van der Waals surface area contributed by atoms with Crippen LogP contribution in [0.1, 0.15) is 12.5 Å². The van der Waals surface area contributed by atoms with Crippen LogP contribution in [0.2, 0.25) is 0 Å². The summed E-state index contributed by atoms with van der Waals surface area (Å²) in [6, 6.07) is 7.03. The number of hydrogen-bond acceptors (Lipinski definition) is 3. The summed E-state index contributed by atoms with van der Waals surface area (Å²) in [6.07, 6.45) is 0.110. The zero-order valence-corrected chi connectivity index (χ0v) is 10.7. The highest BCUT2D eigenvalue weighted by Crippen LogP contribution is 2.25. The summed E-state index contributed by atoms with van der Waals surface area (Å²) in [6.45, 7) is 1.41. The molecule has 18 heavy (non-hydrogen) atoms. The minimum Gasteiger partial charge on any atom is -0.497 e. The highest BCUT2D eigenvalue weighted by atomic mass is 16.5. The van der Waals surface area contributed by atoms with Gasteiger partial charge in [-0.25, -0.2) is 0 Å². The average molecular weight is 251 g/mol. The molecule has 2 N–H and O–H groups in total. The molecule has 1 amide bonds. The van der Waals surface area contributed by atoms with Crippen molar-refractivity contribution in [1.29, 1.82) is 0 Å². The molecule has 0 aliphatic heterocycles. The Labute approximate surface area is 106 Å². The molecule has 5 heteroatoms. The maximum Gasteiger partial charge on any atom is 0.319 e. The molecule has 98 valence electrons. The van der Waals surface area contributed by atoms with Gasteiger partial charge in [-0.1, -0.05) is 12.1 Å². The van der Waals surface area contributed by atoms with E-state index in [9.17, 15) is 14.7 Å². The number of amides is 1. The summed E-state index contributed by atoms with van der Waals surface area (Å²) >= 11 is 0. The number of benzene rings is 1. The van der Waals surface area contributed by atoms with Gasteiger partial charge in [-0.15, -0.1) is 0 Å². The Morgan fingerprint density at radius 1 is 1.44 bits per heavy atom. The van der Waals surface area contributed by atoms with Crippen LogP contribution in [-0.4, -0.2) is 31.1 Å². The van der Waals surface area contributed by atoms with Crippen molar-refractivity contribution in [3.8, 4) is 5.75 Å². The van der Waals surface area contributed by atoms with Crippen molar-refractivity contribution in [2.75, 3.05) is 14.2 Å². The highest BCUT2D eigenvalue weighted by Gasteiger charge is 2.40. The normalized spacial score (nSPS) is 13.5. The van der Waals surface area contributed by atoms with Crippen molar-refractivity contribution >= 4 is 11.9 Å². The lowest BCUT2D eigenvalue weighted by molar-refractivity contribution is -0.154.